The highest BCUT2D eigenvalue weighted by Gasteiger charge is 2.30. The fourth-order valence-electron chi connectivity index (χ4n) is 2.30. The fraction of sp³-hybridized carbons (Fsp3) is 0.316. The molecule has 29 heavy (non-hydrogen) atoms. The molecule has 0 aliphatic carbocycles. The maximum Gasteiger partial charge on any atom is 0.416 e. The number of carbonyl (C=O) groups excluding carboxylic acids is 1. The molecule has 0 aliphatic heterocycles. The summed E-state index contributed by atoms with van der Waals surface area (Å²) in [6, 6.07) is 8.53. The van der Waals surface area contributed by atoms with Gasteiger partial charge in [-0.2, -0.15) is 13.2 Å². The lowest BCUT2D eigenvalue weighted by Gasteiger charge is -2.16. The van der Waals surface area contributed by atoms with Gasteiger partial charge in [-0.05, 0) is 30.3 Å². The Labute approximate surface area is 165 Å². The molecule has 2 aromatic carbocycles. The fourth-order valence-corrected chi connectivity index (χ4v) is 2.30. The number of ether oxygens (including phenoxy) is 3. The van der Waals surface area contributed by atoms with E-state index in [1.807, 2.05) is 0 Å². The van der Waals surface area contributed by atoms with Crippen molar-refractivity contribution in [2.75, 3.05) is 32.7 Å². The van der Waals surface area contributed by atoms with Gasteiger partial charge in [-0.25, -0.2) is 4.79 Å². The van der Waals surface area contributed by atoms with Gasteiger partial charge >= 0.3 is 12.2 Å². The number of urea groups is 1. The van der Waals surface area contributed by atoms with Crippen molar-refractivity contribution in [2.45, 2.75) is 12.3 Å². The van der Waals surface area contributed by atoms with E-state index < -0.39 is 23.9 Å². The molecule has 2 rings (SSSR count). The van der Waals surface area contributed by atoms with Crippen molar-refractivity contribution in [3.05, 3.63) is 48.0 Å². The first-order valence-corrected chi connectivity index (χ1v) is 8.48. The quantitative estimate of drug-likeness (QED) is 0.617. The highest BCUT2D eigenvalue weighted by molar-refractivity contribution is 5.91. The number of rotatable bonds is 8. The molecule has 0 saturated heterocycles. The average Bonchev–Trinajstić information content (AvgIpc) is 2.70. The number of methoxy groups -OCH3 is 2. The van der Waals surface area contributed by atoms with Crippen LogP contribution in [0, 0.1) is 0 Å². The van der Waals surface area contributed by atoms with E-state index in [2.05, 4.69) is 10.6 Å². The number of amides is 2. The van der Waals surface area contributed by atoms with Gasteiger partial charge in [-0.15, -0.1) is 0 Å². The van der Waals surface area contributed by atoms with Crippen molar-refractivity contribution < 1.29 is 37.3 Å². The molecule has 7 nitrogen and oxygen atoms in total. The summed E-state index contributed by atoms with van der Waals surface area (Å²) in [6.45, 7) is -0.485. The lowest BCUT2D eigenvalue weighted by Crippen LogP contribution is -2.37. The molecule has 0 radical (unpaired) electrons. The highest BCUT2D eigenvalue weighted by Crippen LogP contribution is 2.31. The second-order valence-electron chi connectivity index (χ2n) is 5.89. The van der Waals surface area contributed by atoms with E-state index in [-0.39, 0.29) is 18.9 Å². The van der Waals surface area contributed by atoms with Crippen molar-refractivity contribution in [2.24, 2.45) is 0 Å². The molecule has 0 aliphatic rings. The topological polar surface area (TPSA) is 89.1 Å². The Bertz CT molecular complexity index is 830. The van der Waals surface area contributed by atoms with Crippen LogP contribution in [0.4, 0.5) is 23.7 Å². The lowest BCUT2D eigenvalue weighted by molar-refractivity contribution is -0.137. The Morgan fingerprint density at radius 2 is 1.86 bits per heavy atom. The van der Waals surface area contributed by atoms with E-state index in [0.29, 0.717) is 17.2 Å². The van der Waals surface area contributed by atoms with Crippen molar-refractivity contribution in [3.63, 3.8) is 0 Å². The van der Waals surface area contributed by atoms with Gasteiger partial charge in [0.1, 0.15) is 30.0 Å². The van der Waals surface area contributed by atoms with Crippen LogP contribution in [0.15, 0.2) is 42.5 Å². The monoisotopic (exact) mass is 414 g/mol. The maximum absolute atomic E-state index is 12.7. The molecule has 10 heteroatoms. The first-order valence-electron chi connectivity index (χ1n) is 8.48. The number of aliphatic hydroxyl groups excluding tert-OH is 1. The number of anilines is 1. The number of alkyl halides is 3. The zero-order chi connectivity index (χ0) is 21.4. The summed E-state index contributed by atoms with van der Waals surface area (Å²) in [5.74, 6) is 0.884. The lowest BCUT2D eigenvalue weighted by atomic mass is 10.2. The predicted octanol–water partition coefficient (Wildman–Crippen LogP) is 3.28. The molecular formula is C19H21F3N2O5. The smallest absolute Gasteiger partial charge is 0.416 e. The Morgan fingerprint density at radius 3 is 2.52 bits per heavy atom. The first-order chi connectivity index (χ1) is 13.7. The molecule has 2 aromatic rings. The molecule has 1 atom stereocenters. The second kappa shape index (κ2) is 9.87. The molecule has 0 spiro atoms. The molecule has 2 amide bonds. The van der Waals surface area contributed by atoms with Gasteiger partial charge in [-0.3, -0.25) is 0 Å². The van der Waals surface area contributed by atoms with E-state index in [1.165, 1.54) is 26.4 Å². The molecule has 3 N–H and O–H groups in total. The third kappa shape index (κ3) is 6.75. The van der Waals surface area contributed by atoms with E-state index in [9.17, 15) is 23.1 Å². The molecule has 0 aromatic heterocycles. The summed E-state index contributed by atoms with van der Waals surface area (Å²) >= 11 is 0. The van der Waals surface area contributed by atoms with Gasteiger partial charge in [0.15, 0.2) is 0 Å². The predicted molar refractivity (Wildman–Crippen MR) is 99.5 cm³/mol. The molecule has 0 saturated carbocycles. The maximum atomic E-state index is 12.7. The Morgan fingerprint density at radius 1 is 1.10 bits per heavy atom. The van der Waals surface area contributed by atoms with Crippen molar-refractivity contribution in [1.82, 2.24) is 5.32 Å². The van der Waals surface area contributed by atoms with E-state index >= 15 is 0 Å². The third-order valence-electron chi connectivity index (χ3n) is 3.76. The van der Waals surface area contributed by atoms with Crippen LogP contribution in [0.1, 0.15) is 5.56 Å². The minimum absolute atomic E-state index is 0.0376. The number of hydrogen-bond donors (Lipinski definition) is 3. The summed E-state index contributed by atoms with van der Waals surface area (Å²) < 4.78 is 53.4. The summed E-state index contributed by atoms with van der Waals surface area (Å²) in [6.07, 6.45) is -5.62. The normalized spacial score (nSPS) is 12.1. The van der Waals surface area contributed by atoms with E-state index in [0.717, 1.165) is 12.1 Å². The van der Waals surface area contributed by atoms with Gasteiger partial charge in [0, 0.05) is 12.6 Å². The van der Waals surface area contributed by atoms with Gasteiger partial charge in [-0.1, -0.05) is 6.07 Å². The highest BCUT2D eigenvalue weighted by atomic mass is 19.4. The standard InChI is InChI=1S/C19H21F3N2O5/c1-27-14-6-7-17(28-2)16(9-14)24-18(26)23-10-13(25)11-29-15-5-3-4-12(8-15)19(20,21)22/h3-9,13,25H,10-11H2,1-2H3,(H2,23,24,26)/t13-/m1/s1. The summed E-state index contributed by atoms with van der Waals surface area (Å²) in [7, 11) is 2.92. The summed E-state index contributed by atoms with van der Waals surface area (Å²) in [4.78, 5) is 12.0. The van der Waals surface area contributed by atoms with Crippen LogP contribution in [-0.4, -0.2) is 44.6 Å². The Balaban J connectivity index is 1.84. The van der Waals surface area contributed by atoms with Gasteiger partial charge in [0.05, 0.1) is 25.5 Å². The van der Waals surface area contributed by atoms with Crippen molar-refractivity contribution in [3.8, 4) is 17.2 Å². The van der Waals surface area contributed by atoms with Gasteiger partial charge in [0.2, 0.25) is 0 Å². The van der Waals surface area contributed by atoms with Crippen LogP contribution < -0.4 is 24.8 Å². The molecule has 0 bridgehead atoms. The van der Waals surface area contributed by atoms with Crippen molar-refractivity contribution in [1.29, 1.82) is 0 Å². The number of halogens is 3. The van der Waals surface area contributed by atoms with Crippen LogP contribution in [0.5, 0.6) is 17.2 Å². The number of nitrogens with one attached hydrogen (secondary N) is 2. The zero-order valence-corrected chi connectivity index (χ0v) is 15.7. The van der Waals surface area contributed by atoms with Crippen LogP contribution in [-0.2, 0) is 6.18 Å². The van der Waals surface area contributed by atoms with Gasteiger partial charge in [0.25, 0.3) is 0 Å². The molecule has 0 unspecified atom stereocenters. The summed E-state index contributed by atoms with van der Waals surface area (Å²) in [5, 5.41) is 14.9. The molecule has 0 heterocycles. The van der Waals surface area contributed by atoms with Crippen LogP contribution in [0.2, 0.25) is 0 Å². The second-order valence-corrected chi connectivity index (χ2v) is 5.89. The number of carbonyl (C=O) groups is 1. The molecule has 0 fully saturated rings. The van der Waals surface area contributed by atoms with Crippen LogP contribution in [0.3, 0.4) is 0 Å². The first kappa shape index (κ1) is 22.2. The Kier molecular flexibility index (Phi) is 7.54. The van der Waals surface area contributed by atoms with E-state index in [4.69, 9.17) is 14.2 Å². The third-order valence-corrected chi connectivity index (χ3v) is 3.76. The number of aliphatic hydroxyl groups is 1. The number of hydrogen-bond acceptors (Lipinski definition) is 5. The average molecular weight is 414 g/mol. The molecular weight excluding hydrogens is 393 g/mol. The minimum Gasteiger partial charge on any atom is -0.497 e. The largest absolute Gasteiger partial charge is 0.497 e. The van der Waals surface area contributed by atoms with Gasteiger partial charge < -0.3 is 30.0 Å². The minimum atomic E-state index is -4.49. The SMILES string of the molecule is COc1ccc(OC)c(NC(=O)NC[C@@H](O)COc2cccc(C(F)(F)F)c2)c1. The van der Waals surface area contributed by atoms with E-state index in [1.54, 1.807) is 18.2 Å². The number of benzene rings is 2. The zero-order valence-electron chi connectivity index (χ0n) is 15.7. The van der Waals surface area contributed by atoms with Crippen molar-refractivity contribution >= 4 is 11.7 Å². The summed E-state index contributed by atoms with van der Waals surface area (Å²) in [5.41, 5.74) is -0.492. The van der Waals surface area contributed by atoms with Crippen LogP contribution in [0.25, 0.3) is 0 Å². The van der Waals surface area contributed by atoms with Crippen LogP contribution >= 0.6 is 0 Å². The molecule has 158 valence electrons. The Hall–Kier alpha value is -3.14.